The summed E-state index contributed by atoms with van der Waals surface area (Å²) in [5, 5.41) is 21.7. The average Bonchev–Trinajstić information content (AvgIpc) is 2.33. The molecule has 0 radical (unpaired) electrons. The number of carbonyl (C=O) groups is 1. The summed E-state index contributed by atoms with van der Waals surface area (Å²) in [6.07, 6.45) is 1.51. The molecule has 0 aromatic carbocycles. The van der Waals surface area contributed by atoms with Gasteiger partial charge in [0, 0.05) is 11.9 Å². The van der Waals surface area contributed by atoms with Crippen LogP contribution in [0.3, 0.4) is 0 Å². The van der Waals surface area contributed by atoms with Crippen molar-refractivity contribution in [3.63, 3.8) is 0 Å². The van der Waals surface area contributed by atoms with Crippen molar-refractivity contribution in [1.29, 1.82) is 0 Å². The normalized spacial score (nSPS) is 18.1. The zero-order chi connectivity index (χ0) is 14.2. The van der Waals surface area contributed by atoms with Crippen LogP contribution in [-0.2, 0) is 4.79 Å². The molecule has 0 aromatic rings. The Morgan fingerprint density at radius 2 is 2.06 bits per heavy atom. The summed E-state index contributed by atoms with van der Waals surface area (Å²) >= 11 is 1.72. The van der Waals surface area contributed by atoms with E-state index >= 15 is 0 Å². The summed E-state index contributed by atoms with van der Waals surface area (Å²) in [6.45, 7) is 8.71. The Labute approximate surface area is 115 Å². The largest absolute Gasteiger partial charge is 0.480 e. The van der Waals surface area contributed by atoms with E-state index in [1.54, 1.807) is 18.7 Å². The Balaban J connectivity index is 4.27. The van der Waals surface area contributed by atoms with Crippen molar-refractivity contribution >= 4 is 17.7 Å². The van der Waals surface area contributed by atoms with E-state index in [4.69, 9.17) is 5.11 Å². The minimum atomic E-state index is -0.856. The summed E-state index contributed by atoms with van der Waals surface area (Å²) in [7, 11) is 0. The van der Waals surface area contributed by atoms with Gasteiger partial charge in [-0.3, -0.25) is 4.79 Å². The molecule has 0 aliphatic heterocycles. The summed E-state index contributed by atoms with van der Waals surface area (Å²) in [5.41, 5.74) is -0.856. The number of carboxylic acids is 1. The highest BCUT2D eigenvalue weighted by Crippen LogP contribution is 2.24. The Bertz CT molecular complexity index is 250. The molecule has 5 heteroatoms. The van der Waals surface area contributed by atoms with Gasteiger partial charge in [0.05, 0.1) is 0 Å². The molecule has 0 rings (SSSR count). The van der Waals surface area contributed by atoms with Crippen molar-refractivity contribution < 1.29 is 15.0 Å². The van der Waals surface area contributed by atoms with E-state index in [0.717, 1.165) is 12.2 Å². The van der Waals surface area contributed by atoms with Crippen LogP contribution in [0.4, 0.5) is 0 Å². The average molecular weight is 277 g/mol. The molecule has 0 spiro atoms. The van der Waals surface area contributed by atoms with E-state index in [2.05, 4.69) is 5.32 Å². The van der Waals surface area contributed by atoms with Gasteiger partial charge in [-0.2, -0.15) is 11.8 Å². The highest BCUT2D eigenvalue weighted by atomic mass is 32.2. The molecule has 3 unspecified atom stereocenters. The smallest absolute Gasteiger partial charge is 0.323 e. The van der Waals surface area contributed by atoms with Gasteiger partial charge in [-0.25, -0.2) is 0 Å². The SMILES string of the molecule is CCCNC(C)(CC(C)SCC(C)CO)C(=O)O. The van der Waals surface area contributed by atoms with Gasteiger partial charge < -0.3 is 15.5 Å². The van der Waals surface area contributed by atoms with Crippen molar-refractivity contribution in [2.45, 2.75) is 51.3 Å². The fraction of sp³-hybridized carbons (Fsp3) is 0.923. The molecule has 3 atom stereocenters. The minimum absolute atomic E-state index is 0.185. The Morgan fingerprint density at radius 1 is 1.44 bits per heavy atom. The highest BCUT2D eigenvalue weighted by molar-refractivity contribution is 7.99. The van der Waals surface area contributed by atoms with Crippen LogP contribution in [0.5, 0.6) is 0 Å². The van der Waals surface area contributed by atoms with Crippen LogP contribution in [0.1, 0.15) is 40.5 Å². The monoisotopic (exact) mass is 277 g/mol. The second-order valence-electron chi connectivity index (χ2n) is 5.20. The first kappa shape index (κ1) is 17.7. The Morgan fingerprint density at radius 3 is 2.50 bits per heavy atom. The van der Waals surface area contributed by atoms with Crippen LogP contribution >= 0.6 is 11.8 Å². The predicted octanol–water partition coefficient (Wildman–Crippen LogP) is 1.97. The maximum Gasteiger partial charge on any atom is 0.323 e. The van der Waals surface area contributed by atoms with E-state index in [9.17, 15) is 9.90 Å². The fourth-order valence-electron chi connectivity index (χ4n) is 1.65. The lowest BCUT2D eigenvalue weighted by molar-refractivity contribution is -0.144. The standard InChI is InChI=1S/C13H27NO3S/c1-5-6-14-13(4,12(16)17)7-11(3)18-9-10(2)8-15/h10-11,14-15H,5-9H2,1-4H3,(H,16,17). The fourth-order valence-corrected chi connectivity index (χ4v) is 2.86. The van der Waals surface area contributed by atoms with Crippen LogP contribution in [-0.4, -0.2) is 45.9 Å². The van der Waals surface area contributed by atoms with Gasteiger partial charge in [0.15, 0.2) is 0 Å². The van der Waals surface area contributed by atoms with Crippen LogP contribution in [0.15, 0.2) is 0 Å². The number of aliphatic carboxylic acids is 1. The first-order valence-corrected chi connectivity index (χ1v) is 7.61. The van der Waals surface area contributed by atoms with Gasteiger partial charge in [-0.15, -0.1) is 0 Å². The van der Waals surface area contributed by atoms with Gasteiger partial charge in [-0.05, 0) is 38.0 Å². The molecule has 0 saturated heterocycles. The first-order valence-electron chi connectivity index (χ1n) is 6.56. The quantitative estimate of drug-likeness (QED) is 0.569. The highest BCUT2D eigenvalue weighted by Gasteiger charge is 2.33. The van der Waals surface area contributed by atoms with E-state index < -0.39 is 11.5 Å². The third kappa shape index (κ3) is 6.61. The van der Waals surface area contributed by atoms with Crippen molar-refractivity contribution in [1.82, 2.24) is 5.32 Å². The van der Waals surface area contributed by atoms with Gasteiger partial charge >= 0.3 is 5.97 Å². The number of rotatable bonds is 10. The number of hydrogen-bond acceptors (Lipinski definition) is 4. The lowest BCUT2D eigenvalue weighted by atomic mass is 9.96. The first-order chi connectivity index (χ1) is 8.35. The molecular weight excluding hydrogens is 250 g/mol. The molecule has 0 aliphatic rings. The predicted molar refractivity (Wildman–Crippen MR) is 77.1 cm³/mol. The molecule has 108 valence electrons. The van der Waals surface area contributed by atoms with Crippen LogP contribution in [0, 0.1) is 5.92 Å². The van der Waals surface area contributed by atoms with E-state index in [-0.39, 0.29) is 17.8 Å². The van der Waals surface area contributed by atoms with Gasteiger partial charge in [0.1, 0.15) is 5.54 Å². The van der Waals surface area contributed by atoms with E-state index in [1.807, 2.05) is 20.8 Å². The van der Waals surface area contributed by atoms with Gasteiger partial charge in [-0.1, -0.05) is 20.8 Å². The zero-order valence-corrected chi connectivity index (χ0v) is 12.7. The molecular formula is C13H27NO3S. The van der Waals surface area contributed by atoms with E-state index in [0.29, 0.717) is 13.0 Å². The third-order valence-corrected chi connectivity index (χ3v) is 4.41. The second-order valence-corrected chi connectivity index (χ2v) is 6.67. The molecule has 3 N–H and O–H groups in total. The van der Waals surface area contributed by atoms with Crippen molar-refractivity contribution in [3.8, 4) is 0 Å². The number of aliphatic hydroxyl groups excluding tert-OH is 1. The molecule has 0 aromatic heterocycles. The van der Waals surface area contributed by atoms with Crippen molar-refractivity contribution in [2.24, 2.45) is 5.92 Å². The van der Waals surface area contributed by atoms with Crippen molar-refractivity contribution in [2.75, 3.05) is 18.9 Å². The molecule has 0 heterocycles. The molecule has 4 nitrogen and oxygen atoms in total. The summed E-state index contributed by atoms with van der Waals surface area (Å²) in [5.74, 6) is 0.331. The minimum Gasteiger partial charge on any atom is -0.480 e. The third-order valence-electron chi connectivity index (χ3n) is 2.91. The topological polar surface area (TPSA) is 69.6 Å². The van der Waals surface area contributed by atoms with Gasteiger partial charge in [0.2, 0.25) is 0 Å². The number of hydrogen-bond donors (Lipinski definition) is 3. The van der Waals surface area contributed by atoms with E-state index in [1.165, 1.54) is 0 Å². The number of carboxylic acid groups (broad SMARTS) is 1. The number of thioether (sulfide) groups is 1. The van der Waals surface area contributed by atoms with Crippen molar-refractivity contribution in [3.05, 3.63) is 0 Å². The Kier molecular flexibility index (Phi) is 8.65. The number of aliphatic hydroxyl groups is 1. The van der Waals surface area contributed by atoms with Crippen LogP contribution < -0.4 is 5.32 Å². The maximum absolute atomic E-state index is 11.3. The van der Waals surface area contributed by atoms with Crippen LogP contribution in [0.2, 0.25) is 0 Å². The molecule has 0 saturated carbocycles. The lowest BCUT2D eigenvalue weighted by Crippen LogP contribution is -2.51. The maximum atomic E-state index is 11.3. The molecule has 18 heavy (non-hydrogen) atoms. The summed E-state index contributed by atoms with van der Waals surface area (Å²) in [6, 6.07) is 0. The second kappa shape index (κ2) is 8.77. The molecule has 0 fully saturated rings. The lowest BCUT2D eigenvalue weighted by Gasteiger charge is -2.29. The Hall–Kier alpha value is -0.260. The summed E-state index contributed by atoms with van der Waals surface area (Å²) in [4.78, 5) is 11.3. The zero-order valence-electron chi connectivity index (χ0n) is 11.9. The summed E-state index contributed by atoms with van der Waals surface area (Å²) < 4.78 is 0. The van der Waals surface area contributed by atoms with Gasteiger partial charge in [0.25, 0.3) is 0 Å². The number of nitrogens with one attached hydrogen (secondary N) is 1. The van der Waals surface area contributed by atoms with Crippen LogP contribution in [0.25, 0.3) is 0 Å². The molecule has 0 amide bonds. The molecule has 0 bridgehead atoms. The molecule has 0 aliphatic carbocycles.